The Hall–Kier alpha value is -2.80. The SMILES string of the molecule is CC(C)(Oc1ccc(C(=O)Nc2cccc(Cl)c2F)cc1)C(O)Nc1ccc(Cl)cc1. The predicted octanol–water partition coefficient (Wildman–Crippen LogP) is 5.97. The second-order valence-corrected chi connectivity index (χ2v) is 8.18. The number of anilines is 2. The lowest BCUT2D eigenvalue weighted by Gasteiger charge is -2.32. The highest BCUT2D eigenvalue weighted by atomic mass is 35.5. The standard InChI is InChI=1S/C23H21Cl2FN2O3/c1-23(2,22(30)27-16-10-8-15(24)9-11-16)31-17-12-6-14(7-13-17)21(29)28-19-5-3-4-18(25)20(19)26/h3-13,22,27,30H,1-2H3,(H,28,29). The van der Waals surface area contributed by atoms with Crippen LogP contribution >= 0.6 is 23.2 Å². The number of carbonyl (C=O) groups is 1. The molecule has 0 fully saturated rings. The molecule has 0 heterocycles. The Morgan fingerprint density at radius 3 is 2.32 bits per heavy atom. The fourth-order valence-corrected chi connectivity index (χ4v) is 3.01. The summed E-state index contributed by atoms with van der Waals surface area (Å²) >= 11 is 11.6. The third kappa shape index (κ3) is 5.88. The minimum atomic E-state index is -1.03. The first-order valence-electron chi connectivity index (χ1n) is 9.40. The van der Waals surface area contributed by atoms with E-state index in [0.29, 0.717) is 22.0 Å². The zero-order valence-electron chi connectivity index (χ0n) is 16.8. The van der Waals surface area contributed by atoms with Crippen molar-refractivity contribution in [2.24, 2.45) is 0 Å². The molecule has 1 atom stereocenters. The van der Waals surface area contributed by atoms with Gasteiger partial charge in [0.1, 0.15) is 11.4 Å². The summed E-state index contributed by atoms with van der Waals surface area (Å²) in [7, 11) is 0. The smallest absolute Gasteiger partial charge is 0.255 e. The molecule has 0 bridgehead atoms. The summed E-state index contributed by atoms with van der Waals surface area (Å²) in [6.45, 7) is 3.45. The Labute approximate surface area is 189 Å². The Kier molecular flexibility index (Phi) is 7.05. The average Bonchev–Trinajstić information content (AvgIpc) is 2.73. The van der Waals surface area contributed by atoms with Gasteiger partial charge < -0.3 is 20.5 Å². The molecular formula is C23H21Cl2FN2O3. The minimum Gasteiger partial charge on any atom is -0.483 e. The molecule has 8 heteroatoms. The van der Waals surface area contributed by atoms with E-state index < -0.39 is 23.6 Å². The van der Waals surface area contributed by atoms with Crippen LogP contribution in [-0.2, 0) is 0 Å². The van der Waals surface area contributed by atoms with Crippen LogP contribution < -0.4 is 15.4 Å². The highest BCUT2D eigenvalue weighted by molar-refractivity contribution is 6.31. The van der Waals surface area contributed by atoms with Crippen molar-refractivity contribution >= 4 is 40.5 Å². The van der Waals surface area contributed by atoms with Crippen molar-refractivity contribution in [1.29, 1.82) is 0 Å². The number of aliphatic hydroxyl groups is 1. The molecule has 31 heavy (non-hydrogen) atoms. The molecule has 3 rings (SSSR count). The molecule has 3 N–H and O–H groups in total. The maximum atomic E-state index is 14.0. The summed E-state index contributed by atoms with van der Waals surface area (Å²) in [5.41, 5.74) is 0.00131. The fraction of sp³-hybridized carbons (Fsp3) is 0.174. The topological polar surface area (TPSA) is 70.6 Å². The van der Waals surface area contributed by atoms with E-state index in [1.54, 1.807) is 68.4 Å². The number of benzene rings is 3. The normalized spacial score (nSPS) is 12.2. The number of carbonyl (C=O) groups excluding carboxylic acids is 1. The van der Waals surface area contributed by atoms with Gasteiger partial charge in [-0.3, -0.25) is 4.79 Å². The number of halogens is 3. The van der Waals surface area contributed by atoms with Crippen molar-refractivity contribution in [1.82, 2.24) is 0 Å². The Morgan fingerprint density at radius 1 is 1.03 bits per heavy atom. The van der Waals surface area contributed by atoms with Crippen LogP contribution in [0.25, 0.3) is 0 Å². The van der Waals surface area contributed by atoms with Crippen LogP contribution in [0.4, 0.5) is 15.8 Å². The zero-order chi connectivity index (χ0) is 22.6. The van der Waals surface area contributed by atoms with E-state index in [1.165, 1.54) is 12.1 Å². The van der Waals surface area contributed by atoms with Crippen molar-refractivity contribution in [3.05, 3.63) is 88.2 Å². The largest absolute Gasteiger partial charge is 0.483 e. The molecule has 0 radical (unpaired) electrons. The summed E-state index contributed by atoms with van der Waals surface area (Å²) in [6, 6.07) is 17.6. The van der Waals surface area contributed by atoms with E-state index in [0.717, 1.165) is 0 Å². The quantitative estimate of drug-likeness (QED) is 0.378. The second kappa shape index (κ2) is 9.56. The third-order valence-corrected chi connectivity index (χ3v) is 5.05. The predicted molar refractivity (Wildman–Crippen MR) is 122 cm³/mol. The van der Waals surface area contributed by atoms with E-state index in [-0.39, 0.29) is 10.7 Å². The molecule has 5 nitrogen and oxygen atoms in total. The first-order chi connectivity index (χ1) is 14.7. The van der Waals surface area contributed by atoms with Gasteiger partial charge >= 0.3 is 0 Å². The highest BCUT2D eigenvalue weighted by Gasteiger charge is 2.30. The zero-order valence-corrected chi connectivity index (χ0v) is 18.3. The van der Waals surface area contributed by atoms with Crippen LogP contribution in [0.2, 0.25) is 10.0 Å². The van der Waals surface area contributed by atoms with Crippen molar-refractivity contribution in [3.8, 4) is 5.75 Å². The number of aliphatic hydroxyl groups excluding tert-OH is 1. The van der Waals surface area contributed by atoms with E-state index in [4.69, 9.17) is 27.9 Å². The van der Waals surface area contributed by atoms with Gasteiger partial charge in [-0.1, -0.05) is 29.3 Å². The first kappa shape index (κ1) is 22.9. The van der Waals surface area contributed by atoms with Crippen LogP contribution in [0.5, 0.6) is 5.75 Å². The van der Waals surface area contributed by atoms with Crippen molar-refractivity contribution < 1.29 is 19.0 Å². The van der Waals surface area contributed by atoms with Crippen LogP contribution in [0.15, 0.2) is 66.7 Å². The molecule has 0 aliphatic carbocycles. The maximum Gasteiger partial charge on any atom is 0.255 e. The average molecular weight is 463 g/mol. The molecule has 3 aromatic carbocycles. The lowest BCUT2D eigenvalue weighted by atomic mass is 10.1. The molecule has 0 saturated carbocycles. The van der Waals surface area contributed by atoms with E-state index >= 15 is 0 Å². The van der Waals surface area contributed by atoms with E-state index in [1.807, 2.05) is 0 Å². The lowest BCUT2D eigenvalue weighted by Crippen LogP contribution is -2.46. The van der Waals surface area contributed by atoms with Gasteiger partial charge in [-0.15, -0.1) is 0 Å². The van der Waals surface area contributed by atoms with Crippen LogP contribution in [0.3, 0.4) is 0 Å². The van der Waals surface area contributed by atoms with Gasteiger partial charge in [0, 0.05) is 16.3 Å². The molecule has 0 aliphatic heterocycles. The minimum absolute atomic E-state index is 0.00430. The number of hydrogen-bond donors (Lipinski definition) is 3. The summed E-state index contributed by atoms with van der Waals surface area (Å²) < 4.78 is 19.9. The molecule has 3 aromatic rings. The number of rotatable bonds is 7. The fourth-order valence-electron chi connectivity index (χ4n) is 2.71. The third-order valence-electron chi connectivity index (χ3n) is 4.50. The van der Waals surface area contributed by atoms with Crippen molar-refractivity contribution in [2.45, 2.75) is 25.7 Å². The molecule has 162 valence electrons. The summed E-state index contributed by atoms with van der Waals surface area (Å²) in [4.78, 5) is 12.4. The molecule has 0 saturated heterocycles. The Balaban J connectivity index is 1.64. The lowest BCUT2D eigenvalue weighted by molar-refractivity contribution is -0.0124. The van der Waals surface area contributed by atoms with Gasteiger partial charge in [0.2, 0.25) is 0 Å². The molecule has 1 unspecified atom stereocenters. The monoisotopic (exact) mass is 462 g/mol. The number of ether oxygens (including phenoxy) is 1. The molecule has 1 amide bonds. The van der Waals surface area contributed by atoms with Gasteiger partial charge in [-0.25, -0.2) is 4.39 Å². The van der Waals surface area contributed by atoms with Crippen LogP contribution in [0.1, 0.15) is 24.2 Å². The Bertz CT molecular complexity index is 1060. The molecular weight excluding hydrogens is 442 g/mol. The Morgan fingerprint density at radius 2 is 1.68 bits per heavy atom. The summed E-state index contributed by atoms with van der Waals surface area (Å²) in [5.74, 6) is -0.731. The number of amides is 1. The van der Waals surface area contributed by atoms with Gasteiger partial charge in [0.15, 0.2) is 12.0 Å². The number of hydrogen-bond acceptors (Lipinski definition) is 4. The summed E-state index contributed by atoms with van der Waals surface area (Å²) in [6.07, 6.45) is -1.03. The summed E-state index contributed by atoms with van der Waals surface area (Å²) in [5, 5.41) is 16.5. The second-order valence-electron chi connectivity index (χ2n) is 7.34. The van der Waals surface area contributed by atoms with E-state index in [2.05, 4.69) is 10.6 Å². The molecule has 0 aliphatic rings. The molecule has 0 aromatic heterocycles. The first-order valence-corrected chi connectivity index (χ1v) is 10.2. The van der Waals surface area contributed by atoms with Gasteiger partial charge in [-0.2, -0.15) is 0 Å². The van der Waals surface area contributed by atoms with Crippen molar-refractivity contribution in [2.75, 3.05) is 10.6 Å². The van der Waals surface area contributed by atoms with Crippen LogP contribution in [0, 0.1) is 5.82 Å². The van der Waals surface area contributed by atoms with Gasteiger partial charge in [0.05, 0.1) is 10.7 Å². The highest BCUT2D eigenvalue weighted by Crippen LogP contribution is 2.25. The van der Waals surface area contributed by atoms with Crippen LogP contribution in [-0.4, -0.2) is 22.8 Å². The van der Waals surface area contributed by atoms with Crippen molar-refractivity contribution in [3.63, 3.8) is 0 Å². The van der Waals surface area contributed by atoms with Gasteiger partial charge in [-0.05, 0) is 74.5 Å². The van der Waals surface area contributed by atoms with Gasteiger partial charge in [0.25, 0.3) is 5.91 Å². The number of nitrogens with one attached hydrogen (secondary N) is 2. The van der Waals surface area contributed by atoms with E-state index in [9.17, 15) is 14.3 Å². The maximum absolute atomic E-state index is 14.0. The molecule has 0 spiro atoms.